The SMILES string of the molecule is CC(C)(C)OC(=O)NCCCCCNC(=O)OC1CCc2c(sc(NC(=O)C3CC3)c2C(N)=O)C1. The Hall–Kier alpha value is -2.82. The van der Waals surface area contributed by atoms with Crippen molar-refractivity contribution in [3.8, 4) is 0 Å². The average molecular weight is 509 g/mol. The zero-order valence-corrected chi connectivity index (χ0v) is 21.5. The van der Waals surface area contributed by atoms with Crippen LogP contribution < -0.4 is 21.7 Å². The Kier molecular flexibility index (Phi) is 8.98. The number of unbranched alkanes of at least 4 members (excludes halogenated alkanes) is 2. The molecule has 1 saturated carbocycles. The molecule has 1 aromatic rings. The summed E-state index contributed by atoms with van der Waals surface area (Å²) in [7, 11) is 0. The number of ether oxygens (including phenoxy) is 2. The Morgan fingerprint density at radius 2 is 1.66 bits per heavy atom. The van der Waals surface area contributed by atoms with E-state index >= 15 is 0 Å². The molecular formula is C24H36N4O6S. The molecule has 10 nitrogen and oxygen atoms in total. The second-order valence-corrected chi connectivity index (χ2v) is 11.1. The van der Waals surface area contributed by atoms with Gasteiger partial charge in [0.2, 0.25) is 5.91 Å². The molecule has 0 saturated heterocycles. The Morgan fingerprint density at radius 1 is 1.00 bits per heavy atom. The molecule has 1 atom stereocenters. The van der Waals surface area contributed by atoms with Crippen molar-refractivity contribution in [1.82, 2.24) is 10.6 Å². The first-order chi connectivity index (χ1) is 16.5. The predicted octanol–water partition coefficient (Wildman–Crippen LogP) is 3.47. The van der Waals surface area contributed by atoms with E-state index in [1.54, 1.807) is 0 Å². The molecule has 0 spiro atoms. The maximum absolute atomic E-state index is 12.2. The molecule has 0 aliphatic heterocycles. The number of fused-ring (bicyclic) bond motifs is 1. The van der Waals surface area contributed by atoms with Crippen LogP contribution in [0.4, 0.5) is 14.6 Å². The smallest absolute Gasteiger partial charge is 0.407 e. The lowest BCUT2D eigenvalue weighted by Crippen LogP contribution is -2.33. The summed E-state index contributed by atoms with van der Waals surface area (Å²) in [5, 5.41) is 8.84. The van der Waals surface area contributed by atoms with Crippen molar-refractivity contribution in [1.29, 1.82) is 0 Å². The van der Waals surface area contributed by atoms with Gasteiger partial charge in [0, 0.05) is 30.3 Å². The van der Waals surface area contributed by atoms with Gasteiger partial charge in [-0.1, -0.05) is 0 Å². The summed E-state index contributed by atoms with van der Waals surface area (Å²) in [4.78, 5) is 48.9. The highest BCUT2D eigenvalue weighted by molar-refractivity contribution is 7.17. The highest BCUT2D eigenvalue weighted by Crippen LogP contribution is 2.40. The van der Waals surface area contributed by atoms with Crippen LogP contribution in [0.2, 0.25) is 0 Å². The van der Waals surface area contributed by atoms with Gasteiger partial charge in [0.15, 0.2) is 0 Å². The topological polar surface area (TPSA) is 149 Å². The molecule has 1 fully saturated rings. The molecule has 0 aromatic carbocycles. The lowest BCUT2D eigenvalue weighted by atomic mass is 9.93. The van der Waals surface area contributed by atoms with E-state index in [2.05, 4.69) is 16.0 Å². The van der Waals surface area contributed by atoms with E-state index in [0.717, 1.165) is 42.5 Å². The molecule has 3 rings (SSSR count). The minimum atomic E-state index is -0.549. The van der Waals surface area contributed by atoms with E-state index in [0.29, 0.717) is 42.9 Å². The molecule has 0 bridgehead atoms. The van der Waals surface area contributed by atoms with Crippen LogP contribution in [0.5, 0.6) is 0 Å². The van der Waals surface area contributed by atoms with Gasteiger partial charge in [-0.25, -0.2) is 9.59 Å². The van der Waals surface area contributed by atoms with E-state index in [9.17, 15) is 19.2 Å². The molecule has 0 radical (unpaired) electrons. The van der Waals surface area contributed by atoms with Crippen LogP contribution in [0.15, 0.2) is 0 Å². The number of primary amides is 1. The third-order valence-corrected chi connectivity index (χ3v) is 6.89. The Labute approximate surface area is 209 Å². The van der Waals surface area contributed by atoms with E-state index in [4.69, 9.17) is 15.2 Å². The van der Waals surface area contributed by atoms with Crippen molar-refractivity contribution in [3.63, 3.8) is 0 Å². The Bertz CT molecular complexity index is 951. The first-order valence-corrected chi connectivity index (χ1v) is 13.0. The zero-order valence-electron chi connectivity index (χ0n) is 20.7. The number of rotatable bonds is 10. The number of nitrogens with two attached hydrogens (primary N) is 1. The quantitative estimate of drug-likeness (QED) is 0.356. The van der Waals surface area contributed by atoms with Crippen LogP contribution in [0.1, 0.15) is 80.1 Å². The number of hydrogen-bond donors (Lipinski definition) is 4. The molecule has 5 N–H and O–H groups in total. The van der Waals surface area contributed by atoms with Gasteiger partial charge in [-0.05, 0) is 71.3 Å². The summed E-state index contributed by atoms with van der Waals surface area (Å²) in [6.45, 7) is 6.44. The third-order valence-electron chi connectivity index (χ3n) is 5.72. The van der Waals surface area contributed by atoms with Crippen molar-refractivity contribution in [2.75, 3.05) is 18.4 Å². The van der Waals surface area contributed by atoms with Crippen molar-refractivity contribution in [3.05, 3.63) is 16.0 Å². The van der Waals surface area contributed by atoms with Crippen molar-refractivity contribution >= 4 is 40.3 Å². The molecule has 11 heteroatoms. The van der Waals surface area contributed by atoms with Crippen molar-refractivity contribution in [2.45, 2.75) is 83.8 Å². The lowest BCUT2D eigenvalue weighted by molar-refractivity contribution is -0.117. The van der Waals surface area contributed by atoms with Crippen molar-refractivity contribution in [2.24, 2.45) is 11.7 Å². The molecule has 2 aliphatic carbocycles. The van der Waals surface area contributed by atoms with Gasteiger partial charge in [-0.2, -0.15) is 0 Å². The largest absolute Gasteiger partial charge is 0.446 e. The number of thiophene rings is 1. The molecule has 1 heterocycles. The molecule has 2 aliphatic rings. The highest BCUT2D eigenvalue weighted by atomic mass is 32.1. The maximum Gasteiger partial charge on any atom is 0.407 e. The van der Waals surface area contributed by atoms with Crippen molar-refractivity contribution < 1.29 is 28.7 Å². The summed E-state index contributed by atoms with van der Waals surface area (Å²) < 4.78 is 10.7. The standard InChI is InChI=1S/C24H36N4O6S/c1-24(2,3)34-23(32)27-12-6-4-5-11-26-22(31)33-15-9-10-16-17(13-15)35-21(18(16)19(25)29)28-20(30)14-7-8-14/h14-15H,4-13H2,1-3H3,(H2,25,29)(H,26,31)(H,27,32)(H,28,30). The first-order valence-electron chi connectivity index (χ1n) is 12.2. The van der Waals surface area contributed by atoms with Gasteiger partial charge >= 0.3 is 12.2 Å². The number of amides is 4. The van der Waals surface area contributed by atoms with Gasteiger partial charge in [0.25, 0.3) is 5.91 Å². The van der Waals surface area contributed by atoms with Crippen LogP contribution in [0.25, 0.3) is 0 Å². The normalized spacial score (nSPS) is 17.2. The summed E-state index contributed by atoms with van der Waals surface area (Å²) in [6, 6.07) is 0. The molecule has 4 amide bonds. The fourth-order valence-electron chi connectivity index (χ4n) is 3.88. The second-order valence-electron chi connectivity index (χ2n) is 10.0. The van der Waals surface area contributed by atoms with Gasteiger partial charge in [-0.15, -0.1) is 11.3 Å². The average Bonchev–Trinajstić information content (AvgIpc) is 3.53. The van der Waals surface area contributed by atoms with Gasteiger partial charge < -0.3 is 31.2 Å². The van der Waals surface area contributed by atoms with Crippen LogP contribution >= 0.6 is 11.3 Å². The number of carbonyl (C=O) groups excluding carboxylic acids is 4. The first kappa shape index (κ1) is 26.8. The molecule has 194 valence electrons. The summed E-state index contributed by atoms with van der Waals surface area (Å²) in [5.41, 5.74) is 6.33. The number of carbonyl (C=O) groups is 4. The molecular weight excluding hydrogens is 472 g/mol. The maximum atomic E-state index is 12.2. The van der Waals surface area contributed by atoms with E-state index < -0.39 is 23.7 Å². The third kappa shape index (κ3) is 8.41. The fraction of sp³-hybridized carbons (Fsp3) is 0.667. The van der Waals surface area contributed by atoms with Crippen LogP contribution in [0, 0.1) is 5.92 Å². The number of nitrogens with one attached hydrogen (secondary N) is 3. The van der Waals surface area contributed by atoms with Gasteiger partial charge in [0.05, 0.1) is 5.56 Å². The molecule has 35 heavy (non-hydrogen) atoms. The second kappa shape index (κ2) is 11.7. The minimum Gasteiger partial charge on any atom is -0.446 e. The summed E-state index contributed by atoms with van der Waals surface area (Å²) in [5.74, 6) is -0.596. The number of anilines is 1. The number of hydrogen-bond acceptors (Lipinski definition) is 7. The molecule has 1 aromatic heterocycles. The highest BCUT2D eigenvalue weighted by Gasteiger charge is 2.33. The lowest BCUT2D eigenvalue weighted by Gasteiger charge is -2.22. The Balaban J connectivity index is 1.36. The summed E-state index contributed by atoms with van der Waals surface area (Å²) in [6.07, 6.45) is 4.56. The Morgan fingerprint density at radius 3 is 2.26 bits per heavy atom. The summed E-state index contributed by atoms with van der Waals surface area (Å²) >= 11 is 1.35. The van der Waals surface area contributed by atoms with Crippen LogP contribution in [0.3, 0.4) is 0 Å². The van der Waals surface area contributed by atoms with E-state index in [1.807, 2.05) is 20.8 Å². The molecule has 1 unspecified atom stereocenters. The van der Waals surface area contributed by atoms with Gasteiger partial charge in [0.1, 0.15) is 16.7 Å². The minimum absolute atomic E-state index is 0.0240. The monoisotopic (exact) mass is 508 g/mol. The van der Waals surface area contributed by atoms with E-state index in [-0.39, 0.29) is 17.9 Å². The van der Waals surface area contributed by atoms with Gasteiger partial charge in [-0.3, -0.25) is 9.59 Å². The van der Waals surface area contributed by atoms with E-state index in [1.165, 1.54) is 11.3 Å². The predicted molar refractivity (Wildman–Crippen MR) is 133 cm³/mol. The van der Waals surface area contributed by atoms with Crippen LogP contribution in [-0.4, -0.2) is 48.8 Å². The fourth-order valence-corrected chi connectivity index (χ4v) is 5.20. The van der Waals surface area contributed by atoms with Crippen LogP contribution in [-0.2, 0) is 27.1 Å². The number of alkyl carbamates (subject to hydrolysis) is 2. The zero-order chi connectivity index (χ0) is 25.6.